The lowest BCUT2D eigenvalue weighted by atomic mass is 9.81. The third-order valence-electron chi connectivity index (χ3n) is 5.05. The molecule has 166 valence electrons. The van der Waals surface area contributed by atoms with E-state index in [1.54, 1.807) is 33.2 Å². The normalized spacial score (nSPS) is 18.8. The summed E-state index contributed by atoms with van der Waals surface area (Å²) in [4.78, 5) is 33.1. The molecule has 30 heavy (non-hydrogen) atoms. The molecule has 1 fully saturated rings. The lowest BCUT2D eigenvalue weighted by Gasteiger charge is -2.32. The highest BCUT2D eigenvalue weighted by Gasteiger charge is 2.52. The standard InChI is InChI=1S/C20H33BN4O5/c1-12(2)14(24-17(27)28-18(3,4)5)15(26)25-16-22-10-13(11-23-16)21-29-19(6,7)20(8,9)30-21/h10-12,14H,1-9H3,(H,24,27)(H,22,23,25,26). The Morgan fingerprint density at radius 2 is 1.57 bits per heavy atom. The molecule has 0 aromatic carbocycles. The zero-order chi connectivity index (χ0) is 22.9. The van der Waals surface area contributed by atoms with E-state index in [9.17, 15) is 9.59 Å². The smallest absolute Gasteiger partial charge is 0.444 e. The predicted octanol–water partition coefficient (Wildman–Crippen LogP) is 2.26. The van der Waals surface area contributed by atoms with E-state index < -0.39 is 42.0 Å². The molecule has 1 aliphatic rings. The maximum absolute atomic E-state index is 12.7. The lowest BCUT2D eigenvalue weighted by Crippen LogP contribution is -2.48. The van der Waals surface area contributed by atoms with Gasteiger partial charge in [0.1, 0.15) is 11.6 Å². The third-order valence-corrected chi connectivity index (χ3v) is 5.05. The van der Waals surface area contributed by atoms with Crippen LogP contribution in [0, 0.1) is 5.92 Å². The summed E-state index contributed by atoms with van der Waals surface area (Å²) in [5.74, 6) is -0.474. The van der Waals surface area contributed by atoms with Crippen molar-refractivity contribution in [2.24, 2.45) is 5.92 Å². The first-order valence-electron chi connectivity index (χ1n) is 10.1. The molecule has 0 bridgehead atoms. The van der Waals surface area contributed by atoms with Crippen LogP contribution in [0.4, 0.5) is 10.7 Å². The number of hydrogen-bond acceptors (Lipinski definition) is 7. The van der Waals surface area contributed by atoms with Crippen molar-refractivity contribution in [3.63, 3.8) is 0 Å². The van der Waals surface area contributed by atoms with Crippen molar-refractivity contribution in [1.82, 2.24) is 15.3 Å². The van der Waals surface area contributed by atoms with Crippen molar-refractivity contribution >= 4 is 30.5 Å². The summed E-state index contributed by atoms with van der Waals surface area (Å²) in [5.41, 5.74) is -0.946. The van der Waals surface area contributed by atoms with Gasteiger partial charge in [-0.15, -0.1) is 0 Å². The van der Waals surface area contributed by atoms with Gasteiger partial charge in [-0.25, -0.2) is 14.8 Å². The van der Waals surface area contributed by atoms with Crippen molar-refractivity contribution in [2.75, 3.05) is 5.32 Å². The lowest BCUT2D eigenvalue weighted by molar-refractivity contribution is -0.119. The number of rotatable bonds is 5. The van der Waals surface area contributed by atoms with E-state index in [4.69, 9.17) is 14.0 Å². The predicted molar refractivity (Wildman–Crippen MR) is 114 cm³/mol. The highest BCUT2D eigenvalue weighted by Crippen LogP contribution is 2.36. The van der Waals surface area contributed by atoms with E-state index >= 15 is 0 Å². The molecule has 10 heteroatoms. The molecule has 1 aromatic heterocycles. The van der Waals surface area contributed by atoms with E-state index in [0.29, 0.717) is 5.46 Å². The van der Waals surface area contributed by atoms with Crippen molar-refractivity contribution in [1.29, 1.82) is 0 Å². The molecule has 1 saturated heterocycles. The Hall–Kier alpha value is -2.20. The van der Waals surface area contributed by atoms with E-state index in [1.165, 1.54) is 0 Å². The fraction of sp³-hybridized carbons (Fsp3) is 0.700. The fourth-order valence-electron chi connectivity index (χ4n) is 2.66. The third kappa shape index (κ3) is 5.92. The number of carbonyl (C=O) groups excluding carboxylic acids is 2. The van der Waals surface area contributed by atoms with Gasteiger partial charge in [0, 0.05) is 17.9 Å². The summed E-state index contributed by atoms with van der Waals surface area (Å²) in [6, 6.07) is -0.800. The van der Waals surface area contributed by atoms with Crippen LogP contribution in [-0.4, -0.2) is 51.9 Å². The molecular weight excluding hydrogens is 387 g/mol. The number of ether oxygens (including phenoxy) is 1. The average Bonchev–Trinajstić information content (AvgIpc) is 2.79. The van der Waals surface area contributed by atoms with Gasteiger partial charge in [-0.2, -0.15) is 0 Å². The molecule has 1 aromatic rings. The SMILES string of the molecule is CC(C)C(NC(=O)OC(C)(C)C)C(=O)Nc1ncc(B2OC(C)(C)C(C)(C)O2)cn1. The first-order chi connectivity index (χ1) is 13.6. The molecule has 0 spiro atoms. The molecule has 0 saturated carbocycles. The van der Waals surface area contributed by atoms with Gasteiger partial charge in [-0.05, 0) is 54.4 Å². The van der Waals surface area contributed by atoms with Gasteiger partial charge in [-0.1, -0.05) is 13.8 Å². The summed E-state index contributed by atoms with van der Waals surface area (Å²) in [6.07, 6.45) is 2.45. The second-order valence-electron chi connectivity index (χ2n) is 9.79. The van der Waals surface area contributed by atoms with Gasteiger partial charge >= 0.3 is 13.2 Å². The molecule has 0 radical (unpaired) electrons. The number of aromatic nitrogens is 2. The first-order valence-corrected chi connectivity index (χ1v) is 10.1. The molecule has 1 atom stereocenters. The minimum absolute atomic E-state index is 0.122. The number of hydrogen-bond donors (Lipinski definition) is 2. The van der Waals surface area contributed by atoms with Crippen LogP contribution in [0.3, 0.4) is 0 Å². The summed E-state index contributed by atoms with van der Waals surface area (Å²) in [5, 5.41) is 5.23. The Morgan fingerprint density at radius 3 is 2.00 bits per heavy atom. The number of anilines is 1. The van der Waals surface area contributed by atoms with Crippen LogP contribution < -0.4 is 16.1 Å². The number of nitrogens with zero attached hydrogens (tertiary/aromatic N) is 2. The van der Waals surface area contributed by atoms with Crippen LogP contribution in [0.5, 0.6) is 0 Å². The Labute approximate surface area is 178 Å². The zero-order valence-electron chi connectivity index (χ0n) is 19.3. The van der Waals surface area contributed by atoms with Crippen molar-refractivity contribution < 1.29 is 23.6 Å². The number of carbonyl (C=O) groups is 2. The van der Waals surface area contributed by atoms with Gasteiger partial charge in [0.15, 0.2) is 0 Å². The Bertz CT molecular complexity index is 758. The second kappa shape index (κ2) is 8.51. The zero-order valence-corrected chi connectivity index (χ0v) is 19.3. The van der Waals surface area contributed by atoms with Crippen molar-refractivity contribution in [2.45, 2.75) is 85.2 Å². The van der Waals surface area contributed by atoms with E-state index in [2.05, 4.69) is 20.6 Å². The highest BCUT2D eigenvalue weighted by molar-refractivity contribution is 6.61. The van der Waals surface area contributed by atoms with E-state index in [-0.39, 0.29) is 11.9 Å². The fourth-order valence-corrected chi connectivity index (χ4v) is 2.66. The second-order valence-corrected chi connectivity index (χ2v) is 9.79. The number of nitrogens with one attached hydrogen (secondary N) is 2. The van der Waals surface area contributed by atoms with Gasteiger partial charge in [0.05, 0.1) is 11.2 Å². The summed E-state index contributed by atoms with van der Waals surface area (Å²) in [7, 11) is -0.586. The summed E-state index contributed by atoms with van der Waals surface area (Å²) < 4.78 is 17.2. The molecule has 0 aliphatic carbocycles. The number of alkyl carbamates (subject to hydrolysis) is 1. The van der Waals surface area contributed by atoms with Crippen LogP contribution >= 0.6 is 0 Å². The molecule has 2 amide bonds. The highest BCUT2D eigenvalue weighted by atomic mass is 16.7. The van der Waals surface area contributed by atoms with Crippen LogP contribution in [0.25, 0.3) is 0 Å². The minimum atomic E-state index is -0.800. The molecule has 9 nitrogen and oxygen atoms in total. The van der Waals surface area contributed by atoms with E-state index in [0.717, 1.165) is 0 Å². The van der Waals surface area contributed by atoms with Crippen molar-refractivity contribution in [3.05, 3.63) is 12.4 Å². The van der Waals surface area contributed by atoms with Gasteiger partial charge < -0.3 is 19.4 Å². The summed E-state index contributed by atoms with van der Waals surface area (Å²) >= 11 is 0. The van der Waals surface area contributed by atoms with Crippen LogP contribution in [0.15, 0.2) is 12.4 Å². The molecule has 1 unspecified atom stereocenters. The van der Waals surface area contributed by atoms with Gasteiger partial charge in [-0.3, -0.25) is 10.1 Å². The Balaban J connectivity index is 2.03. The molecule has 2 N–H and O–H groups in total. The van der Waals surface area contributed by atoms with Crippen molar-refractivity contribution in [3.8, 4) is 0 Å². The maximum Gasteiger partial charge on any atom is 0.498 e. The minimum Gasteiger partial charge on any atom is -0.444 e. The van der Waals surface area contributed by atoms with Gasteiger partial charge in [0.2, 0.25) is 11.9 Å². The number of amides is 2. The topological polar surface area (TPSA) is 112 Å². The summed E-state index contributed by atoms with van der Waals surface area (Å²) in [6.45, 7) is 16.8. The van der Waals surface area contributed by atoms with Crippen LogP contribution in [0.1, 0.15) is 62.3 Å². The van der Waals surface area contributed by atoms with Gasteiger partial charge in [0.25, 0.3) is 0 Å². The first kappa shape index (κ1) is 24.1. The molecule has 1 aliphatic heterocycles. The molecular formula is C20H33BN4O5. The quantitative estimate of drug-likeness (QED) is 0.703. The molecule has 2 heterocycles. The largest absolute Gasteiger partial charge is 0.498 e. The average molecular weight is 420 g/mol. The Kier molecular flexibility index (Phi) is 6.83. The van der Waals surface area contributed by atoms with Crippen LogP contribution in [-0.2, 0) is 18.8 Å². The maximum atomic E-state index is 12.7. The van der Waals surface area contributed by atoms with E-state index in [1.807, 2.05) is 41.5 Å². The van der Waals surface area contributed by atoms with Crippen LogP contribution in [0.2, 0.25) is 0 Å². The molecule has 2 rings (SSSR count). The Morgan fingerprint density at radius 1 is 1.07 bits per heavy atom. The monoisotopic (exact) mass is 420 g/mol.